The third kappa shape index (κ3) is 4.18. The van der Waals surface area contributed by atoms with Gasteiger partial charge < -0.3 is 14.5 Å². The van der Waals surface area contributed by atoms with Crippen LogP contribution in [-0.2, 0) is 13.2 Å². The van der Waals surface area contributed by atoms with Gasteiger partial charge in [0.2, 0.25) is 0 Å². The Hall–Kier alpha value is -3.53. The minimum Gasteiger partial charge on any atom is -0.489 e. The number of hydrogen-bond donors (Lipinski definition) is 1. The molecular formula is C23H19NO3. The van der Waals surface area contributed by atoms with E-state index in [9.17, 15) is 4.79 Å². The van der Waals surface area contributed by atoms with Gasteiger partial charge in [0.25, 0.3) is 5.91 Å². The second-order valence-electron chi connectivity index (χ2n) is 6.25. The summed E-state index contributed by atoms with van der Waals surface area (Å²) >= 11 is 0. The van der Waals surface area contributed by atoms with Gasteiger partial charge in [-0.1, -0.05) is 60.7 Å². The highest BCUT2D eigenvalue weighted by Gasteiger charge is 2.11. The fourth-order valence-corrected chi connectivity index (χ4v) is 2.81. The highest BCUT2D eigenvalue weighted by atomic mass is 16.5. The zero-order chi connectivity index (χ0) is 18.5. The molecule has 4 aromatic rings. The number of carbonyl (C=O) groups excluding carboxylic acids is 1. The topological polar surface area (TPSA) is 51.5 Å². The van der Waals surface area contributed by atoms with E-state index in [-0.39, 0.29) is 5.91 Å². The van der Waals surface area contributed by atoms with E-state index in [1.165, 1.54) is 0 Å². The molecule has 0 fully saturated rings. The van der Waals surface area contributed by atoms with Crippen LogP contribution in [0.25, 0.3) is 11.0 Å². The van der Waals surface area contributed by atoms with Crippen molar-refractivity contribution in [2.45, 2.75) is 13.2 Å². The molecule has 0 bridgehead atoms. The normalized spacial score (nSPS) is 10.7. The Morgan fingerprint density at radius 1 is 0.852 bits per heavy atom. The van der Waals surface area contributed by atoms with Gasteiger partial charge in [-0.3, -0.25) is 4.79 Å². The first-order valence-corrected chi connectivity index (χ1v) is 8.80. The number of fused-ring (bicyclic) bond motifs is 1. The number of amides is 1. The Balaban J connectivity index is 1.32. The van der Waals surface area contributed by atoms with E-state index in [0.29, 0.717) is 24.5 Å². The van der Waals surface area contributed by atoms with Crippen LogP contribution in [-0.4, -0.2) is 5.91 Å². The Labute approximate surface area is 157 Å². The average molecular weight is 357 g/mol. The van der Waals surface area contributed by atoms with Crippen molar-refractivity contribution in [3.05, 3.63) is 102 Å². The Morgan fingerprint density at radius 2 is 1.59 bits per heavy atom. The molecule has 4 nitrogen and oxygen atoms in total. The first-order valence-electron chi connectivity index (χ1n) is 8.80. The van der Waals surface area contributed by atoms with Crippen molar-refractivity contribution in [2.24, 2.45) is 0 Å². The van der Waals surface area contributed by atoms with Gasteiger partial charge in [-0.2, -0.15) is 0 Å². The van der Waals surface area contributed by atoms with Crippen LogP contribution in [0.4, 0.5) is 0 Å². The van der Waals surface area contributed by atoms with Crippen LogP contribution in [0.1, 0.15) is 21.7 Å². The number of furan rings is 1. The predicted molar refractivity (Wildman–Crippen MR) is 105 cm³/mol. The van der Waals surface area contributed by atoms with Crippen LogP contribution in [0.15, 0.2) is 89.3 Å². The van der Waals surface area contributed by atoms with Gasteiger partial charge in [-0.15, -0.1) is 0 Å². The highest BCUT2D eigenvalue weighted by Crippen LogP contribution is 2.19. The third-order valence-electron chi connectivity index (χ3n) is 4.27. The molecule has 0 saturated heterocycles. The molecule has 0 aliphatic carbocycles. The molecule has 0 spiro atoms. The monoisotopic (exact) mass is 357 g/mol. The fraction of sp³-hybridized carbons (Fsp3) is 0.0870. The van der Waals surface area contributed by atoms with E-state index in [1.807, 2.05) is 78.9 Å². The van der Waals surface area contributed by atoms with E-state index in [0.717, 1.165) is 22.3 Å². The van der Waals surface area contributed by atoms with E-state index in [1.54, 1.807) is 6.07 Å². The maximum atomic E-state index is 12.3. The van der Waals surface area contributed by atoms with Crippen LogP contribution >= 0.6 is 0 Å². The molecule has 27 heavy (non-hydrogen) atoms. The zero-order valence-corrected chi connectivity index (χ0v) is 14.7. The molecule has 4 heteroatoms. The van der Waals surface area contributed by atoms with E-state index < -0.39 is 0 Å². The lowest BCUT2D eigenvalue weighted by Crippen LogP contribution is -2.22. The maximum Gasteiger partial charge on any atom is 0.287 e. The number of benzene rings is 3. The summed E-state index contributed by atoms with van der Waals surface area (Å²) in [6.45, 7) is 0.956. The first-order chi connectivity index (χ1) is 13.3. The van der Waals surface area contributed by atoms with E-state index in [2.05, 4.69) is 5.32 Å². The molecule has 1 heterocycles. The SMILES string of the molecule is O=C(NCc1ccc(OCc2ccccc2)cc1)c1cc2ccccc2o1. The predicted octanol–water partition coefficient (Wildman–Crippen LogP) is 4.94. The van der Waals surface area contributed by atoms with Crippen LogP contribution in [0.5, 0.6) is 5.75 Å². The number of para-hydroxylation sites is 1. The Morgan fingerprint density at radius 3 is 2.37 bits per heavy atom. The Kier molecular flexibility index (Phi) is 4.88. The number of rotatable bonds is 6. The zero-order valence-electron chi connectivity index (χ0n) is 14.7. The smallest absolute Gasteiger partial charge is 0.287 e. The summed E-state index contributed by atoms with van der Waals surface area (Å²) in [5, 5.41) is 3.80. The average Bonchev–Trinajstić information content (AvgIpc) is 3.16. The second-order valence-corrected chi connectivity index (χ2v) is 6.25. The molecule has 0 radical (unpaired) electrons. The van der Waals surface area contributed by atoms with Gasteiger partial charge in [0.15, 0.2) is 5.76 Å². The summed E-state index contributed by atoms with van der Waals surface area (Å²) in [5.41, 5.74) is 2.83. The summed E-state index contributed by atoms with van der Waals surface area (Å²) in [4.78, 5) is 12.3. The number of carbonyl (C=O) groups is 1. The molecule has 0 unspecified atom stereocenters. The summed E-state index contributed by atoms with van der Waals surface area (Å²) in [5.74, 6) is 0.890. The van der Waals surface area contributed by atoms with Crippen molar-refractivity contribution in [3.8, 4) is 5.75 Å². The molecular weight excluding hydrogens is 338 g/mol. The van der Waals surface area contributed by atoms with Gasteiger partial charge in [-0.25, -0.2) is 0 Å². The van der Waals surface area contributed by atoms with Crippen LogP contribution in [0.3, 0.4) is 0 Å². The molecule has 0 aliphatic rings. The first kappa shape index (κ1) is 16.9. The lowest BCUT2D eigenvalue weighted by Gasteiger charge is -2.08. The van der Waals surface area contributed by atoms with Crippen molar-refractivity contribution >= 4 is 16.9 Å². The lowest BCUT2D eigenvalue weighted by molar-refractivity contribution is 0.0925. The number of nitrogens with one attached hydrogen (secondary N) is 1. The van der Waals surface area contributed by atoms with Gasteiger partial charge in [-0.05, 0) is 35.4 Å². The van der Waals surface area contributed by atoms with Crippen molar-refractivity contribution in [1.29, 1.82) is 0 Å². The summed E-state index contributed by atoms with van der Waals surface area (Å²) in [6.07, 6.45) is 0. The molecule has 0 aliphatic heterocycles. The summed E-state index contributed by atoms with van der Waals surface area (Å²) < 4.78 is 11.4. The summed E-state index contributed by atoms with van der Waals surface area (Å²) in [7, 11) is 0. The maximum absolute atomic E-state index is 12.3. The molecule has 0 saturated carbocycles. The molecule has 134 valence electrons. The van der Waals surface area contributed by atoms with Gasteiger partial charge >= 0.3 is 0 Å². The minimum atomic E-state index is -0.226. The molecule has 0 atom stereocenters. The quantitative estimate of drug-likeness (QED) is 0.532. The van der Waals surface area contributed by atoms with Crippen molar-refractivity contribution < 1.29 is 13.9 Å². The largest absolute Gasteiger partial charge is 0.489 e. The molecule has 1 aromatic heterocycles. The standard InChI is InChI=1S/C23H19NO3/c25-23(22-14-19-8-4-5-9-21(19)27-22)24-15-17-10-12-20(13-11-17)26-16-18-6-2-1-3-7-18/h1-14H,15-16H2,(H,24,25). The van der Waals surface area contributed by atoms with E-state index >= 15 is 0 Å². The van der Waals surface area contributed by atoms with Crippen LogP contribution < -0.4 is 10.1 Å². The molecule has 3 aromatic carbocycles. The third-order valence-corrected chi connectivity index (χ3v) is 4.27. The molecule has 4 rings (SSSR count). The second kappa shape index (κ2) is 7.79. The summed E-state index contributed by atoms with van der Waals surface area (Å²) in [6, 6.07) is 27.1. The van der Waals surface area contributed by atoms with E-state index in [4.69, 9.17) is 9.15 Å². The highest BCUT2D eigenvalue weighted by molar-refractivity contribution is 5.96. The van der Waals surface area contributed by atoms with Gasteiger partial charge in [0.1, 0.15) is 17.9 Å². The molecule has 1 amide bonds. The lowest BCUT2D eigenvalue weighted by atomic mass is 10.2. The van der Waals surface area contributed by atoms with Gasteiger partial charge in [0, 0.05) is 11.9 Å². The number of hydrogen-bond acceptors (Lipinski definition) is 3. The number of ether oxygens (including phenoxy) is 1. The van der Waals surface area contributed by atoms with Crippen molar-refractivity contribution in [1.82, 2.24) is 5.32 Å². The molecule has 1 N–H and O–H groups in total. The van der Waals surface area contributed by atoms with Crippen LogP contribution in [0, 0.1) is 0 Å². The van der Waals surface area contributed by atoms with Gasteiger partial charge in [0.05, 0.1) is 0 Å². The van der Waals surface area contributed by atoms with Crippen molar-refractivity contribution in [2.75, 3.05) is 0 Å². The fourth-order valence-electron chi connectivity index (χ4n) is 2.81. The van der Waals surface area contributed by atoms with Crippen molar-refractivity contribution in [3.63, 3.8) is 0 Å². The Bertz CT molecular complexity index is 1000. The van der Waals surface area contributed by atoms with Crippen LogP contribution in [0.2, 0.25) is 0 Å². The minimum absolute atomic E-state index is 0.226.